The summed E-state index contributed by atoms with van der Waals surface area (Å²) in [5.74, 6) is 0. The van der Waals surface area contributed by atoms with E-state index in [4.69, 9.17) is 11.6 Å². The lowest BCUT2D eigenvalue weighted by molar-refractivity contribution is -0.00000365. The average molecular weight is 313 g/mol. The van der Waals surface area contributed by atoms with Crippen molar-refractivity contribution in [3.63, 3.8) is 0 Å². The highest BCUT2D eigenvalue weighted by Gasteiger charge is 2.00. The van der Waals surface area contributed by atoms with Crippen molar-refractivity contribution >= 4 is 23.4 Å². The zero-order chi connectivity index (χ0) is 13.0. The smallest absolute Gasteiger partial charge is 0.0406 e. The summed E-state index contributed by atoms with van der Waals surface area (Å²) >= 11 is 7.64. The summed E-state index contributed by atoms with van der Waals surface area (Å²) in [7, 11) is 4.16. The van der Waals surface area contributed by atoms with Gasteiger partial charge in [0, 0.05) is 21.4 Å². The first-order chi connectivity index (χ1) is 8.63. The molecule has 0 heterocycles. The summed E-state index contributed by atoms with van der Waals surface area (Å²) in [4.78, 5) is 4.64. The first-order valence-electron chi connectivity index (χ1n) is 5.80. The second-order valence-electron chi connectivity index (χ2n) is 4.44. The van der Waals surface area contributed by atoms with Gasteiger partial charge in [-0.3, -0.25) is 0 Å². The maximum Gasteiger partial charge on any atom is 0.0406 e. The second kappa shape index (κ2) is 7.81. The fourth-order valence-electron chi connectivity index (χ4n) is 1.71. The van der Waals surface area contributed by atoms with Gasteiger partial charge in [0.05, 0.1) is 0 Å². The lowest BCUT2D eigenvalue weighted by Crippen LogP contribution is -3.00. The van der Waals surface area contributed by atoms with Gasteiger partial charge in [-0.05, 0) is 56.1 Å². The van der Waals surface area contributed by atoms with E-state index in [1.54, 1.807) is 11.8 Å². The van der Waals surface area contributed by atoms with Gasteiger partial charge in [-0.25, -0.2) is 0 Å². The quantitative estimate of drug-likeness (QED) is 0.843. The maximum absolute atomic E-state index is 5.88. The zero-order valence-corrected chi connectivity index (χ0v) is 13.3. The number of halogens is 2. The van der Waals surface area contributed by atoms with Crippen LogP contribution in [0.4, 0.5) is 0 Å². The standard InChI is InChI=1S/C15H16ClNS.ClH/c1-17(2)11-12-4-3-5-15(10-12)18-14-8-6-13(16)7-9-14;/h3-10H,11H2,1-2H3;1H/p-1. The van der Waals surface area contributed by atoms with E-state index in [2.05, 4.69) is 43.3 Å². The molecule has 0 aromatic heterocycles. The Kier molecular flexibility index (Phi) is 6.73. The molecule has 0 unspecified atom stereocenters. The SMILES string of the molecule is CN(C)Cc1cccc(Sc2ccc(Cl)cc2)c1.[Cl-]. The molecule has 0 radical (unpaired) electrons. The third-order valence-electron chi connectivity index (χ3n) is 2.45. The lowest BCUT2D eigenvalue weighted by Gasteiger charge is -2.10. The van der Waals surface area contributed by atoms with Crippen LogP contribution in [0.3, 0.4) is 0 Å². The molecule has 0 atom stereocenters. The largest absolute Gasteiger partial charge is 1.00 e. The molecule has 2 aromatic rings. The Bertz CT molecular complexity index is 512. The van der Waals surface area contributed by atoms with Crippen molar-refractivity contribution in [2.45, 2.75) is 16.3 Å². The number of nitrogens with zero attached hydrogens (tertiary/aromatic N) is 1. The highest BCUT2D eigenvalue weighted by Crippen LogP contribution is 2.29. The highest BCUT2D eigenvalue weighted by molar-refractivity contribution is 7.99. The van der Waals surface area contributed by atoms with Crippen molar-refractivity contribution in [3.8, 4) is 0 Å². The Hall–Kier alpha value is -0.670. The molecule has 2 rings (SSSR count). The molecule has 19 heavy (non-hydrogen) atoms. The van der Waals surface area contributed by atoms with Crippen LogP contribution in [0.15, 0.2) is 58.3 Å². The summed E-state index contributed by atoms with van der Waals surface area (Å²) in [5, 5.41) is 0.778. The third-order valence-corrected chi connectivity index (χ3v) is 3.70. The summed E-state index contributed by atoms with van der Waals surface area (Å²) in [6.07, 6.45) is 0. The van der Waals surface area contributed by atoms with Crippen LogP contribution in [0.5, 0.6) is 0 Å². The van der Waals surface area contributed by atoms with Gasteiger partial charge in [0.25, 0.3) is 0 Å². The van der Waals surface area contributed by atoms with Crippen LogP contribution in [0.25, 0.3) is 0 Å². The van der Waals surface area contributed by atoms with Crippen molar-refractivity contribution in [3.05, 3.63) is 59.1 Å². The Morgan fingerprint density at radius 3 is 2.32 bits per heavy atom. The van der Waals surface area contributed by atoms with E-state index in [1.165, 1.54) is 15.4 Å². The van der Waals surface area contributed by atoms with E-state index < -0.39 is 0 Å². The number of hydrogen-bond donors (Lipinski definition) is 0. The minimum atomic E-state index is 0. The van der Waals surface area contributed by atoms with Gasteiger partial charge < -0.3 is 17.3 Å². The molecule has 0 fully saturated rings. The van der Waals surface area contributed by atoms with Gasteiger partial charge in [0.2, 0.25) is 0 Å². The first-order valence-corrected chi connectivity index (χ1v) is 7.00. The molecular formula is C15H16Cl2NS-. The van der Waals surface area contributed by atoms with E-state index in [-0.39, 0.29) is 12.4 Å². The average Bonchev–Trinajstić information content (AvgIpc) is 2.32. The van der Waals surface area contributed by atoms with Gasteiger partial charge >= 0.3 is 0 Å². The topological polar surface area (TPSA) is 3.24 Å². The first kappa shape index (κ1) is 16.4. The van der Waals surface area contributed by atoms with E-state index in [9.17, 15) is 0 Å². The molecule has 0 aliphatic rings. The number of rotatable bonds is 4. The summed E-state index contributed by atoms with van der Waals surface area (Å²) in [5.41, 5.74) is 1.33. The molecule has 4 heteroatoms. The maximum atomic E-state index is 5.88. The van der Waals surface area contributed by atoms with E-state index in [1.807, 2.05) is 24.3 Å². The molecule has 2 aromatic carbocycles. The Morgan fingerprint density at radius 2 is 1.68 bits per heavy atom. The predicted molar refractivity (Wildman–Crippen MR) is 79.4 cm³/mol. The van der Waals surface area contributed by atoms with Crippen molar-refractivity contribution in [1.29, 1.82) is 0 Å². The molecule has 1 nitrogen and oxygen atoms in total. The van der Waals surface area contributed by atoms with Crippen molar-refractivity contribution < 1.29 is 12.4 Å². The van der Waals surface area contributed by atoms with Gasteiger partial charge in [0.1, 0.15) is 0 Å². The highest BCUT2D eigenvalue weighted by atomic mass is 35.5. The molecular weight excluding hydrogens is 297 g/mol. The summed E-state index contributed by atoms with van der Waals surface area (Å²) < 4.78 is 0. The van der Waals surface area contributed by atoms with Crippen molar-refractivity contribution in [2.75, 3.05) is 14.1 Å². The minimum Gasteiger partial charge on any atom is -1.00 e. The van der Waals surface area contributed by atoms with Gasteiger partial charge in [-0.15, -0.1) is 0 Å². The molecule has 0 amide bonds. The fraction of sp³-hybridized carbons (Fsp3) is 0.200. The van der Waals surface area contributed by atoms with Crippen LogP contribution in [-0.4, -0.2) is 19.0 Å². The summed E-state index contributed by atoms with van der Waals surface area (Å²) in [6.45, 7) is 0.967. The van der Waals surface area contributed by atoms with Crippen LogP contribution in [0.1, 0.15) is 5.56 Å². The van der Waals surface area contributed by atoms with Gasteiger partial charge in [0.15, 0.2) is 0 Å². The second-order valence-corrected chi connectivity index (χ2v) is 6.02. The predicted octanol–water partition coefficient (Wildman–Crippen LogP) is 1.56. The van der Waals surface area contributed by atoms with Crippen LogP contribution < -0.4 is 12.4 Å². The normalized spacial score (nSPS) is 10.3. The van der Waals surface area contributed by atoms with Crippen LogP contribution in [-0.2, 0) is 6.54 Å². The van der Waals surface area contributed by atoms with E-state index in [0.29, 0.717) is 0 Å². The molecule has 0 aliphatic heterocycles. The monoisotopic (exact) mass is 312 g/mol. The van der Waals surface area contributed by atoms with E-state index in [0.717, 1.165) is 11.6 Å². The summed E-state index contributed by atoms with van der Waals surface area (Å²) in [6, 6.07) is 16.6. The molecule has 0 spiro atoms. The van der Waals surface area contributed by atoms with E-state index >= 15 is 0 Å². The van der Waals surface area contributed by atoms with Crippen LogP contribution in [0, 0.1) is 0 Å². The van der Waals surface area contributed by atoms with Crippen molar-refractivity contribution in [1.82, 2.24) is 4.90 Å². The van der Waals surface area contributed by atoms with Crippen LogP contribution in [0.2, 0.25) is 5.02 Å². The lowest BCUT2D eigenvalue weighted by atomic mass is 10.2. The molecule has 0 bridgehead atoms. The Labute approximate surface area is 130 Å². The molecule has 102 valence electrons. The Morgan fingerprint density at radius 1 is 1.00 bits per heavy atom. The van der Waals surface area contributed by atoms with Gasteiger partial charge in [-0.1, -0.05) is 35.5 Å². The minimum absolute atomic E-state index is 0. The fourth-order valence-corrected chi connectivity index (χ4v) is 2.74. The zero-order valence-electron chi connectivity index (χ0n) is 10.9. The molecule has 0 saturated carbocycles. The number of hydrogen-bond acceptors (Lipinski definition) is 2. The molecule has 0 saturated heterocycles. The van der Waals surface area contributed by atoms with Crippen molar-refractivity contribution in [2.24, 2.45) is 0 Å². The molecule has 0 N–H and O–H groups in total. The number of benzene rings is 2. The molecule has 0 aliphatic carbocycles. The Balaban J connectivity index is 0.00000180. The third kappa shape index (κ3) is 5.45. The van der Waals surface area contributed by atoms with Gasteiger partial charge in [-0.2, -0.15) is 0 Å². The van der Waals surface area contributed by atoms with Crippen LogP contribution >= 0.6 is 23.4 Å².